The van der Waals surface area contributed by atoms with Gasteiger partial charge in [0.05, 0.1) is 10.4 Å². The van der Waals surface area contributed by atoms with E-state index in [1.807, 2.05) is 0 Å². The molecule has 166 valence electrons. The Morgan fingerprint density at radius 2 is 1.68 bits per heavy atom. The minimum atomic E-state index is -3.56. The van der Waals surface area contributed by atoms with Crippen LogP contribution in [0.2, 0.25) is 0 Å². The molecule has 2 aromatic carbocycles. The van der Waals surface area contributed by atoms with Crippen molar-refractivity contribution in [1.82, 2.24) is 10.0 Å². The van der Waals surface area contributed by atoms with Crippen molar-refractivity contribution >= 4 is 22.0 Å². The summed E-state index contributed by atoms with van der Waals surface area (Å²) in [6.45, 7) is 4.51. The number of carbonyl (C=O) groups is 1. The first-order valence-corrected chi connectivity index (χ1v) is 11.6. The topological polar surface area (TPSA) is 84.5 Å². The minimum absolute atomic E-state index is 0.167. The number of hydrogen-bond acceptors (Lipinski definition) is 4. The smallest absolute Gasteiger partial charge is 0.244 e. The Bertz CT molecular complexity index is 1030. The van der Waals surface area contributed by atoms with Crippen molar-refractivity contribution < 1.29 is 22.3 Å². The van der Waals surface area contributed by atoms with Crippen molar-refractivity contribution in [1.29, 1.82) is 0 Å². The van der Waals surface area contributed by atoms with E-state index in [-0.39, 0.29) is 22.7 Å². The normalized spacial score (nSPS) is 16.5. The van der Waals surface area contributed by atoms with Crippen molar-refractivity contribution in [3.05, 3.63) is 71.6 Å². The highest BCUT2D eigenvalue weighted by molar-refractivity contribution is 7.89. The van der Waals surface area contributed by atoms with Crippen LogP contribution in [0.25, 0.3) is 6.08 Å². The van der Waals surface area contributed by atoms with Crippen LogP contribution in [0.1, 0.15) is 37.8 Å². The molecule has 2 aromatic rings. The highest BCUT2D eigenvalue weighted by Gasteiger charge is 2.35. The Morgan fingerprint density at radius 1 is 1.06 bits per heavy atom. The average Bonchev–Trinajstić information content (AvgIpc) is 2.73. The number of benzene rings is 2. The van der Waals surface area contributed by atoms with Gasteiger partial charge in [0, 0.05) is 25.3 Å². The number of amides is 1. The van der Waals surface area contributed by atoms with E-state index in [1.165, 1.54) is 30.3 Å². The van der Waals surface area contributed by atoms with Crippen LogP contribution in [-0.4, -0.2) is 33.6 Å². The maximum absolute atomic E-state index is 13.3. The Kier molecular flexibility index (Phi) is 7.25. The van der Waals surface area contributed by atoms with Crippen LogP contribution in [0, 0.1) is 5.82 Å². The van der Waals surface area contributed by atoms with Crippen LogP contribution in [0.3, 0.4) is 0 Å². The molecular formula is C23H27FN2O4S. The van der Waals surface area contributed by atoms with Crippen molar-refractivity contribution in [3.63, 3.8) is 0 Å². The maximum Gasteiger partial charge on any atom is 0.244 e. The SMILES string of the molecule is CC(C)NS(=O)(=O)c1ccc(/C=C/C(=O)NC2(c3ccc(F)cc3)CCOCC2)cc1. The first-order valence-electron chi connectivity index (χ1n) is 10.2. The zero-order valence-electron chi connectivity index (χ0n) is 17.6. The second kappa shape index (κ2) is 9.72. The zero-order valence-corrected chi connectivity index (χ0v) is 18.4. The van der Waals surface area contributed by atoms with Crippen LogP contribution < -0.4 is 10.0 Å². The Balaban J connectivity index is 1.72. The maximum atomic E-state index is 13.3. The molecule has 6 nitrogen and oxygen atoms in total. The molecular weight excluding hydrogens is 419 g/mol. The Hall–Kier alpha value is -2.55. The standard InChI is InChI=1S/C23H27FN2O4S/c1-17(2)26-31(28,29)21-10-3-18(4-11-21)5-12-22(27)25-23(13-15-30-16-14-23)19-6-8-20(24)9-7-19/h3-12,17,26H,13-16H2,1-2H3,(H,25,27)/b12-5+. The molecule has 0 bridgehead atoms. The molecule has 0 spiro atoms. The van der Waals surface area contributed by atoms with Gasteiger partial charge in [0.1, 0.15) is 5.82 Å². The monoisotopic (exact) mass is 446 g/mol. The lowest BCUT2D eigenvalue weighted by Crippen LogP contribution is -2.49. The van der Waals surface area contributed by atoms with E-state index in [0.717, 1.165) is 5.56 Å². The number of hydrogen-bond donors (Lipinski definition) is 2. The van der Waals surface area contributed by atoms with Gasteiger partial charge < -0.3 is 10.1 Å². The number of sulfonamides is 1. The predicted octanol–water partition coefficient (Wildman–Crippen LogP) is 3.35. The highest BCUT2D eigenvalue weighted by Crippen LogP contribution is 2.32. The lowest BCUT2D eigenvalue weighted by Gasteiger charge is -2.38. The fraction of sp³-hybridized carbons (Fsp3) is 0.348. The first kappa shape index (κ1) is 23.1. The van der Waals surface area contributed by atoms with Crippen LogP contribution in [-0.2, 0) is 25.1 Å². The van der Waals surface area contributed by atoms with Crippen molar-refractivity contribution in [3.8, 4) is 0 Å². The summed E-state index contributed by atoms with van der Waals surface area (Å²) in [5, 5.41) is 3.06. The second-order valence-electron chi connectivity index (χ2n) is 7.87. The van der Waals surface area contributed by atoms with Crippen molar-refractivity contribution in [2.24, 2.45) is 0 Å². The highest BCUT2D eigenvalue weighted by atomic mass is 32.2. The van der Waals surface area contributed by atoms with Gasteiger partial charge in [-0.3, -0.25) is 4.79 Å². The van der Waals surface area contributed by atoms with E-state index in [4.69, 9.17) is 4.74 Å². The van der Waals surface area contributed by atoms with Gasteiger partial charge in [0.2, 0.25) is 15.9 Å². The third kappa shape index (κ3) is 6.00. The lowest BCUT2D eigenvalue weighted by molar-refractivity contribution is -0.119. The van der Waals surface area contributed by atoms with Crippen molar-refractivity contribution in [2.45, 2.75) is 43.2 Å². The van der Waals surface area contributed by atoms with Crippen LogP contribution in [0.5, 0.6) is 0 Å². The molecule has 1 fully saturated rings. The van der Waals surface area contributed by atoms with Crippen LogP contribution in [0.15, 0.2) is 59.5 Å². The van der Waals surface area contributed by atoms with Gasteiger partial charge in [-0.15, -0.1) is 0 Å². The van der Waals surface area contributed by atoms with Gasteiger partial charge in [-0.2, -0.15) is 0 Å². The molecule has 0 aromatic heterocycles. The fourth-order valence-electron chi connectivity index (χ4n) is 3.56. The number of nitrogens with one attached hydrogen (secondary N) is 2. The molecule has 1 aliphatic rings. The summed E-state index contributed by atoms with van der Waals surface area (Å²) < 4.78 is 45.7. The summed E-state index contributed by atoms with van der Waals surface area (Å²) >= 11 is 0. The first-order chi connectivity index (χ1) is 14.7. The summed E-state index contributed by atoms with van der Waals surface area (Å²) in [6.07, 6.45) is 4.22. The molecule has 2 N–H and O–H groups in total. The molecule has 0 aliphatic carbocycles. The summed E-state index contributed by atoms with van der Waals surface area (Å²) in [4.78, 5) is 12.8. The number of ether oxygens (including phenoxy) is 1. The van der Waals surface area contributed by atoms with E-state index >= 15 is 0 Å². The van der Waals surface area contributed by atoms with E-state index in [2.05, 4.69) is 10.0 Å². The predicted molar refractivity (Wildman–Crippen MR) is 117 cm³/mol. The average molecular weight is 447 g/mol. The molecule has 0 atom stereocenters. The largest absolute Gasteiger partial charge is 0.381 e. The van der Waals surface area contributed by atoms with Gasteiger partial charge in [-0.25, -0.2) is 17.5 Å². The number of halogens is 1. The Morgan fingerprint density at radius 3 is 2.26 bits per heavy atom. The molecule has 1 saturated heterocycles. The quantitative estimate of drug-likeness (QED) is 0.639. The summed E-state index contributed by atoms with van der Waals surface area (Å²) in [6, 6.07) is 12.2. The molecule has 8 heteroatoms. The molecule has 1 aliphatic heterocycles. The van der Waals surface area contributed by atoms with Crippen molar-refractivity contribution in [2.75, 3.05) is 13.2 Å². The minimum Gasteiger partial charge on any atom is -0.381 e. The van der Waals surface area contributed by atoms with Gasteiger partial charge in [-0.05, 0) is 68.2 Å². The Labute approximate surface area is 182 Å². The molecule has 1 amide bonds. The third-order valence-corrected chi connectivity index (χ3v) is 6.79. The van der Waals surface area contributed by atoms with Gasteiger partial charge in [0.15, 0.2) is 0 Å². The van der Waals surface area contributed by atoms with Crippen LogP contribution >= 0.6 is 0 Å². The van der Waals surface area contributed by atoms with Gasteiger partial charge >= 0.3 is 0 Å². The molecule has 31 heavy (non-hydrogen) atoms. The lowest BCUT2D eigenvalue weighted by atomic mass is 9.82. The fourth-order valence-corrected chi connectivity index (χ4v) is 4.81. The number of carbonyl (C=O) groups excluding carboxylic acids is 1. The summed E-state index contributed by atoms with van der Waals surface area (Å²) in [5.74, 6) is -0.615. The second-order valence-corrected chi connectivity index (χ2v) is 9.58. The summed E-state index contributed by atoms with van der Waals surface area (Å²) in [7, 11) is -3.56. The third-order valence-electron chi connectivity index (χ3n) is 5.11. The van der Waals surface area contributed by atoms with Crippen LogP contribution in [0.4, 0.5) is 4.39 Å². The molecule has 3 rings (SSSR count). The molecule has 0 saturated carbocycles. The molecule has 1 heterocycles. The zero-order chi connectivity index (χ0) is 22.5. The van der Waals surface area contributed by atoms with E-state index in [1.54, 1.807) is 44.2 Å². The van der Waals surface area contributed by atoms with E-state index in [9.17, 15) is 17.6 Å². The molecule has 0 unspecified atom stereocenters. The van der Waals surface area contributed by atoms with Gasteiger partial charge in [-0.1, -0.05) is 24.3 Å². The van der Waals surface area contributed by atoms with E-state index in [0.29, 0.717) is 31.6 Å². The van der Waals surface area contributed by atoms with E-state index < -0.39 is 15.6 Å². The number of rotatable bonds is 7. The summed E-state index contributed by atoms with van der Waals surface area (Å²) in [5.41, 5.74) is 0.918. The molecule has 0 radical (unpaired) electrons. The van der Waals surface area contributed by atoms with Gasteiger partial charge in [0.25, 0.3) is 0 Å².